The lowest BCUT2D eigenvalue weighted by molar-refractivity contribution is 0.0951. The van der Waals surface area contributed by atoms with Gasteiger partial charge in [0.25, 0.3) is 11.8 Å². The lowest BCUT2D eigenvalue weighted by Crippen LogP contribution is -2.33. The Bertz CT molecular complexity index is 654. The molecule has 0 unspecified atom stereocenters. The Balaban J connectivity index is 1.70. The van der Waals surface area contributed by atoms with Crippen LogP contribution in [0.5, 0.6) is 0 Å². The summed E-state index contributed by atoms with van der Waals surface area (Å²) < 4.78 is 0. The molecule has 3 rings (SSSR count). The van der Waals surface area contributed by atoms with Gasteiger partial charge in [-0.3, -0.25) is 14.6 Å². The van der Waals surface area contributed by atoms with Crippen LogP contribution in [0.4, 0.5) is 5.00 Å². The van der Waals surface area contributed by atoms with Gasteiger partial charge in [0.05, 0.1) is 29.3 Å². The van der Waals surface area contributed by atoms with E-state index in [1.165, 1.54) is 11.3 Å². The number of anilines is 1. The standard InChI is InChI=1S/C13H12N4O2S/c18-11-9-5-10(20-13(9)17-7-16-11)12(19)15-6-8-3-1-2-4-14-8/h1-5,17H,6-7H2,(H,15,19)(H,16,18). The van der Waals surface area contributed by atoms with Gasteiger partial charge in [-0.1, -0.05) is 6.07 Å². The fourth-order valence-electron chi connectivity index (χ4n) is 1.86. The maximum atomic E-state index is 12.1. The minimum absolute atomic E-state index is 0.154. The molecule has 0 atom stereocenters. The quantitative estimate of drug-likeness (QED) is 0.792. The number of hydrogen-bond acceptors (Lipinski definition) is 5. The van der Waals surface area contributed by atoms with Crippen LogP contribution in [0.3, 0.4) is 0 Å². The summed E-state index contributed by atoms with van der Waals surface area (Å²) in [5.74, 6) is -0.358. The van der Waals surface area contributed by atoms with Crippen LogP contribution < -0.4 is 16.0 Å². The molecule has 7 heteroatoms. The molecule has 0 spiro atoms. The molecule has 20 heavy (non-hydrogen) atoms. The van der Waals surface area contributed by atoms with E-state index >= 15 is 0 Å². The number of rotatable bonds is 3. The molecule has 0 radical (unpaired) electrons. The third kappa shape index (κ3) is 2.48. The number of carbonyl (C=O) groups is 2. The van der Waals surface area contributed by atoms with Gasteiger partial charge in [0.1, 0.15) is 5.00 Å². The minimum atomic E-state index is -0.204. The van der Waals surface area contributed by atoms with E-state index in [0.717, 1.165) is 10.7 Å². The smallest absolute Gasteiger partial charge is 0.261 e. The highest BCUT2D eigenvalue weighted by Crippen LogP contribution is 2.29. The first kappa shape index (κ1) is 12.6. The molecule has 0 saturated carbocycles. The summed E-state index contributed by atoms with van der Waals surface area (Å²) in [5.41, 5.74) is 1.31. The van der Waals surface area contributed by atoms with E-state index in [0.29, 0.717) is 23.7 Å². The first-order chi connectivity index (χ1) is 9.74. The van der Waals surface area contributed by atoms with Gasteiger partial charge < -0.3 is 16.0 Å². The van der Waals surface area contributed by atoms with E-state index in [1.54, 1.807) is 12.3 Å². The van der Waals surface area contributed by atoms with Crippen molar-refractivity contribution in [1.29, 1.82) is 0 Å². The molecule has 0 fully saturated rings. The third-order valence-corrected chi connectivity index (χ3v) is 3.95. The van der Waals surface area contributed by atoms with Crippen molar-refractivity contribution in [2.45, 2.75) is 6.54 Å². The average Bonchev–Trinajstić information content (AvgIpc) is 2.91. The molecule has 3 N–H and O–H groups in total. The molecular formula is C13H12N4O2S. The monoisotopic (exact) mass is 288 g/mol. The second-order valence-electron chi connectivity index (χ2n) is 4.22. The minimum Gasteiger partial charge on any atom is -0.359 e. The van der Waals surface area contributed by atoms with Gasteiger partial charge in [0, 0.05) is 6.20 Å². The largest absolute Gasteiger partial charge is 0.359 e. The highest BCUT2D eigenvalue weighted by Gasteiger charge is 2.22. The first-order valence-corrected chi connectivity index (χ1v) is 6.90. The molecule has 0 aliphatic carbocycles. The Hall–Kier alpha value is -2.41. The zero-order chi connectivity index (χ0) is 13.9. The number of thiophene rings is 1. The highest BCUT2D eigenvalue weighted by atomic mass is 32.1. The number of aromatic nitrogens is 1. The zero-order valence-corrected chi connectivity index (χ0v) is 11.3. The van der Waals surface area contributed by atoms with E-state index in [2.05, 4.69) is 20.9 Å². The summed E-state index contributed by atoms with van der Waals surface area (Å²) in [4.78, 5) is 28.3. The maximum absolute atomic E-state index is 12.1. The molecule has 2 aromatic heterocycles. The van der Waals surface area contributed by atoms with Crippen molar-refractivity contribution in [1.82, 2.24) is 15.6 Å². The number of nitrogens with one attached hydrogen (secondary N) is 3. The Labute approximate surface area is 119 Å². The molecule has 1 aliphatic rings. The van der Waals surface area contributed by atoms with E-state index in [9.17, 15) is 9.59 Å². The lowest BCUT2D eigenvalue weighted by atomic mass is 10.2. The van der Waals surface area contributed by atoms with Gasteiger partial charge in [-0.15, -0.1) is 11.3 Å². The molecule has 0 saturated heterocycles. The summed E-state index contributed by atoms with van der Waals surface area (Å²) >= 11 is 1.28. The van der Waals surface area contributed by atoms with Crippen LogP contribution in [0.15, 0.2) is 30.5 Å². The van der Waals surface area contributed by atoms with Crippen molar-refractivity contribution in [2.24, 2.45) is 0 Å². The van der Waals surface area contributed by atoms with Crippen LogP contribution in [-0.4, -0.2) is 23.5 Å². The SMILES string of the molecule is O=C(NCc1ccccn1)c1cc2c(s1)NCNC2=O. The average molecular weight is 288 g/mol. The van der Waals surface area contributed by atoms with E-state index in [-0.39, 0.29) is 11.8 Å². The van der Waals surface area contributed by atoms with Crippen molar-refractivity contribution in [3.63, 3.8) is 0 Å². The fourth-order valence-corrected chi connectivity index (χ4v) is 2.83. The Morgan fingerprint density at radius 1 is 1.40 bits per heavy atom. The fraction of sp³-hybridized carbons (Fsp3) is 0.154. The molecule has 102 valence electrons. The number of fused-ring (bicyclic) bond motifs is 1. The van der Waals surface area contributed by atoms with Crippen molar-refractivity contribution in [2.75, 3.05) is 12.0 Å². The Morgan fingerprint density at radius 3 is 3.05 bits per heavy atom. The molecular weight excluding hydrogens is 276 g/mol. The van der Waals surface area contributed by atoms with E-state index < -0.39 is 0 Å². The number of nitrogens with zero attached hydrogens (tertiary/aromatic N) is 1. The first-order valence-electron chi connectivity index (χ1n) is 6.08. The van der Waals surface area contributed by atoms with Crippen LogP contribution >= 0.6 is 11.3 Å². The van der Waals surface area contributed by atoms with Crippen LogP contribution in [0.1, 0.15) is 25.7 Å². The van der Waals surface area contributed by atoms with Gasteiger partial charge in [-0.2, -0.15) is 0 Å². The van der Waals surface area contributed by atoms with Gasteiger partial charge in [0.2, 0.25) is 0 Å². The van der Waals surface area contributed by atoms with Gasteiger partial charge in [0.15, 0.2) is 0 Å². The molecule has 0 aromatic carbocycles. The van der Waals surface area contributed by atoms with Crippen LogP contribution in [0.25, 0.3) is 0 Å². The second-order valence-corrected chi connectivity index (χ2v) is 5.27. The number of pyridine rings is 1. The predicted molar refractivity (Wildman–Crippen MR) is 75.7 cm³/mol. The van der Waals surface area contributed by atoms with E-state index in [4.69, 9.17) is 0 Å². The second kappa shape index (κ2) is 5.30. The summed E-state index contributed by atoms with van der Waals surface area (Å²) in [6.07, 6.45) is 1.68. The Morgan fingerprint density at radius 2 is 2.30 bits per heavy atom. The van der Waals surface area contributed by atoms with Gasteiger partial charge >= 0.3 is 0 Å². The maximum Gasteiger partial charge on any atom is 0.261 e. The molecule has 0 bridgehead atoms. The molecule has 3 heterocycles. The number of amides is 2. The number of hydrogen-bond donors (Lipinski definition) is 3. The van der Waals surface area contributed by atoms with Crippen LogP contribution in [0.2, 0.25) is 0 Å². The predicted octanol–water partition coefficient (Wildman–Crippen LogP) is 1.19. The van der Waals surface area contributed by atoms with Crippen LogP contribution in [0, 0.1) is 0 Å². The molecule has 6 nitrogen and oxygen atoms in total. The van der Waals surface area contributed by atoms with Crippen LogP contribution in [-0.2, 0) is 6.54 Å². The molecule has 2 aromatic rings. The van der Waals surface area contributed by atoms with Gasteiger partial charge in [-0.05, 0) is 18.2 Å². The number of carbonyl (C=O) groups excluding carboxylic acids is 2. The normalized spacial score (nSPS) is 13.1. The summed E-state index contributed by atoms with van der Waals surface area (Å²) in [7, 11) is 0. The lowest BCUT2D eigenvalue weighted by Gasteiger charge is -2.13. The summed E-state index contributed by atoms with van der Waals surface area (Å²) in [5, 5.41) is 9.22. The third-order valence-electron chi connectivity index (χ3n) is 2.85. The summed E-state index contributed by atoms with van der Waals surface area (Å²) in [6.45, 7) is 0.753. The van der Waals surface area contributed by atoms with Crippen molar-refractivity contribution in [3.05, 3.63) is 46.6 Å². The van der Waals surface area contributed by atoms with Gasteiger partial charge in [-0.25, -0.2) is 0 Å². The Kier molecular flexibility index (Phi) is 3.34. The van der Waals surface area contributed by atoms with Crippen molar-refractivity contribution < 1.29 is 9.59 Å². The highest BCUT2D eigenvalue weighted by molar-refractivity contribution is 7.18. The topological polar surface area (TPSA) is 83.1 Å². The van der Waals surface area contributed by atoms with E-state index in [1.807, 2.05) is 18.2 Å². The molecule has 2 amide bonds. The molecule has 1 aliphatic heterocycles. The zero-order valence-electron chi connectivity index (χ0n) is 10.5. The van der Waals surface area contributed by atoms with Crippen molar-refractivity contribution >= 4 is 28.2 Å². The van der Waals surface area contributed by atoms with Crippen molar-refractivity contribution in [3.8, 4) is 0 Å². The summed E-state index contributed by atoms with van der Waals surface area (Å²) in [6, 6.07) is 7.14.